The molecular weight excluding hydrogens is 220 g/mol. The van der Waals surface area contributed by atoms with Crippen molar-refractivity contribution in [3.05, 3.63) is 5.82 Å². The number of hydrogen-bond donors (Lipinski definition) is 2. The molecule has 1 aromatic heterocycles. The maximum Gasteiger partial charge on any atom is 0.295 e. The maximum absolute atomic E-state index is 12.1. The Morgan fingerprint density at radius 1 is 1.59 bits per heavy atom. The van der Waals surface area contributed by atoms with E-state index in [4.69, 9.17) is 0 Å². The van der Waals surface area contributed by atoms with Gasteiger partial charge in [0.1, 0.15) is 0 Å². The molecule has 1 fully saturated rings. The van der Waals surface area contributed by atoms with E-state index in [-0.39, 0.29) is 17.8 Å². The van der Waals surface area contributed by atoms with E-state index >= 15 is 0 Å². The number of aromatic nitrogens is 4. The van der Waals surface area contributed by atoms with Crippen molar-refractivity contribution in [3.63, 3.8) is 0 Å². The summed E-state index contributed by atoms with van der Waals surface area (Å²) in [6.07, 6.45) is 2.29. The Morgan fingerprint density at radius 3 is 2.94 bits per heavy atom. The lowest BCUT2D eigenvalue weighted by Crippen LogP contribution is -2.45. The van der Waals surface area contributed by atoms with Crippen LogP contribution in [0.25, 0.3) is 0 Å². The predicted octanol–water partition coefficient (Wildman–Crippen LogP) is -0.198. The van der Waals surface area contributed by atoms with E-state index < -0.39 is 0 Å². The van der Waals surface area contributed by atoms with E-state index in [1.165, 1.54) is 6.42 Å². The van der Waals surface area contributed by atoms with Crippen molar-refractivity contribution < 1.29 is 4.79 Å². The zero-order chi connectivity index (χ0) is 12.3. The van der Waals surface area contributed by atoms with Crippen molar-refractivity contribution in [2.75, 3.05) is 13.1 Å². The van der Waals surface area contributed by atoms with Crippen LogP contribution in [0.4, 0.5) is 0 Å². The molecule has 1 unspecified atom stereocenters. The number of rotatable bonds is 4. The molecule has 1 aliphatic rings. The Bertz CT molecular complexity index is 357. The van der Waals surface area contributed by atoms with Gasteiger partial charge < -0.3 is 10.2 Å². The Hall–Kier alpha value is -1.50. The SMILES string of the molecule is CC(C)N(CC1CCCN1)C(=O)c1nn[nH]n1. The Balaban J connectivity index is 2.03. The summed E-state index contributed by atoms with van der Waals surface area (Å²) in [6.45, 7) is 5.72. The van der Waals surface area contributed by atoms with Gasteiger partial charge in [-0.25, -0.2) is 0 Å². The Kier molecular flexibility index (Phi) is 3.68. The second-order valence-corrected chi connectivity index (χ2v) is 4.58. The minimum atomic E-state index is -0.164. The Morgan fingerprint density at radius 2 is 2.41 bits per heavy atom. The third kappa shape index (κ3) is 2.79. The second kappa shape index (κ2) is 5.22. The fraction of sp³-hybridized carbons (Fsp3) is 0.800. The molecular formula is C10H18N6O. The van der Waals surface area contributed by atoms with Gasteiger partial charge in [-0.3, -0.25) is 4.79 Å². The molecule has 0 aromatic carbocycles. The van der Waals surface area contributed by atoms with Gasteiger partial charge in [-0.15, -0.1) is 10.2 Å². The normalized spacial score (nSPS) is 19.8. The van der Waals surface area contributed by atoms with Gasteiger partial charge in [0.2, 0.25) is 0 Å². The largest absolute Gasteiger partial charge is 0.332 e. The highest BCUT2D eigenvalue weighted by atomic mass is 16.2. The maximum atomic E-state index is 12.1. The van der Waals surface area contributed by atoms with Crippen LogP contribution in [0.2, 0.25) is 0 Å². The summed E-state index contributed by atoms with van der Waals surface area (Å²) in [5.41, 5.74) is 0. The molecule has 94 valence electrons. The first kappa shape index (κ1) is 12.0. The van der Waals surface area contributed by atoms with Crippen molar-refractivity contribution in [2.24, 2.45) is 0 Å². The lowest BCUT2D eigenvalue weighted by Gasteiger charge is -2.28. The van der Waals surface area contributed by atoms with Crippen LogP contribution in [-0.4, -0.2) is 56.6 Å². The summed E-state index contributed by atoms with van der Waals surface area (Å²) in [7, 11) is 0. The molecule has 0 radical (unpaired) electrons. The first-order chi connectivity index (χ1) is 8.18. The molecule has 2 N–H and O–H groups in total. The molecule has 17 heavy (non-hydrogen) atoms. The zero-order valence-electron chi connectivity index (χ0n) is 10.2. The van der Waals surface area contributed by atoms with E-state index in [9.17, 15) is 4.79 Å². The zero-order valence-corrected chi connectivity index (χ0v) is 10.2. The lowest BCUT2D eigenvalue weighted by molar-refractivity contribution is 0.0676. The summed E-state index contributed by atoms with van der Waals surface area (Å²) in [4.78, 5) is 13.9. The van der Waals surface area contributed by atoms with E-state index in [0.29, 0.717) is 12.6 Å². The van der Waals surface area contributed by atoms with Crippen molar-refractivity contribution >= 4 is 5.91 Å². The molecule has 0 aliphatic carbocycles. The second-order valence-electron chi connectivity index (χ2n) is 4.58. The van der Waals surface area contributed by atoms with Crippen LogP contribution < -0.4 is 5.32 Å². The molecule has 0 saturated carbocycles. The molecule has 1 saturated heterocycles. The van der Waals surface area contributed by atoms with Crippen LogP contribution in [0.3, 0.4) is 0 Å². The number of carbonyl (C=O) groups is 1. The number of hydrogen-bond acceptors (Lipinski definition) is 5. The summed E-state index contributed by atoms with van der Waals surface area (Å²) in [6, 6.07) is 0.511. The third-order valence-corrected chi connectivity index (χ3v) is 3.00. The minimum absolute atomic E-state index is 0.128. The number of amides is 1. The number of carbonyl (C=O) groups excluding carboxylic acids is 1. The van der Waals surface area contributed by atoms with E-state index in [2.05, 4.69) is 25.9 Å². The van der Waals surface area contributed by atoms with Crippen molar-refractivity contribution in [3.8, 4) is 0 Å². The van der Waals surface area contributed by atoms with Crippen LogP contribution >= 0.6 is 0 Å². The van der Waals surface area contributed by atoms with Crippen molar-refractivity contribution in [2.45, 2.75) is 38.8 Å². The highest BCUT2D eigenvalue weighted by Gasteiger charge is 2.26. The molecule has 2 heterocycles. The Labute approximate surface area is 100.0 Å². The quantitative estimate of drug-likeness (QED) is 0.758. The predicted molar refractivity (Wildman–Crippen MR) is 61.4 cm³/mol. The monoisotopic (exact) mass is 238 g/mol. The van der Waals surface area contributed by atoms with E-state index in [1.807, 2.05) is 13.8 Å². The number of nitrogens with one attached hydrogen (secondary N) is 2. The first-order valence-corrected chi connectivity index (χ1v) is 5.96. The fourth-order valence-corrected chi connectivity index (χ4v) is 2.06. The molecule has 0 bridgehead atoms. The van der Waals surface area contributed by atoms with Gasteiger partial charge >= 0.3 is 0 Å². The molecule has 1 aromatic rings. The summed E-state index contributed by atoms with van der Waals surface area (Å²) in [5.74, 6) is -0.0286. The molecule has 1 atom stereocenters. The van der Waals surface area contributed by atoms with Gasteiger partial charge in [0, 0.05) is 18.6 Å². The highest BCUT2D eigenvalue weighted by molar-refractivity contribution is 5.90. The van der Waals surface area contributed by atoms with Gasteiger partial charge in [-0.2, -0.15) is 5.21 Å². The third-order valence-electron chi connectivity index (χ3n) is 3.00. The van der Waals surface area contributed by atoms with Crippen LogP contribution in [0, 0.1) is 0 Å². The number of H-pyrrole nitrogens is 1. The van der Waals surface area contributed by atoms with Crippen LogP contribution in [0.5, 0.6) is 0 Å². The molecule has 2 rings (SSSR count). The standard InChI is InChI=1S/C10H18N6O/c1-7(2)16(6-8-4-3-5-11-8)10(17)9-12-14-15-13-9/h7-8,11H,3-6H2,1-2H3,(H,12,13,14,15). The molecule has 1 amide bonds. The number of tetrazole rings is 1. The molecule has 1 aliphatic heterocycles. The highest BCUT2D eigenvalue weighted by Crippen LogP contribution is 2.11. The summed E-state index contributed by atoms with van der Waals surface area (Å²) in [5, 5.41) is 16.6. The average Bonchev–Trinajstić information content (AvgIpc) is 2.97. The van der Waals surface area contributed by atoms with Crippen LogP contribution in [0.15, 0.2) is 0 Å². The summed E-state index contributed by atoms with van der Waals surface area (Å²) < 4.78 is 0. The average molecular weight is 238 g/mol. The van der Waals surface area contributed by atoms with E-state index in [0.717, 1.165) is 13.0 Å². The first-order valence-electron chi connectivity index (χ1n) is 5.96. The van der Waals surface area contributed by atoms with Gasteiger partial charge in [-0.1, -0.05) is 0 Å². The smallest absolute Gasteiger partial charge is 0.295 e. The van der Waals surface area contributed by atoms with Crippen molar-refractivity contribution in [1.29, 1.82) is 0 Å². The van der Waals surface area contributed by atoms with Gasteiger partial charge in [0.25, 0.3) is 11.7 Å². The van der Waals surface area contributed by atoms with Crippen molar-refractivity contribution in [1.82, 2.24) is 30.8 Å². The van der Waals surface area contributed by atoms with Gasteiger partial charge in [0.15, 0.2) is 0 Å². The minimum Gasteiger partial charge on any atom is -0.332 e. The summed E-state index contributed by atoms with van der Waals surface area (Å²) >= 11 is 0. The topological polar surface area (TPSA) is 86.8 Å². The number of aromatic amines is 1. The van der Waals surface area contributed by atoms with Crippen LogP contribution in [0.1, 0.15) is 37.3 Å². The molecule has 7 heteroatoms. The lowest BCUT2D eigenvalue weighted by atomic mass is 10.2. The number of nitrogens with zero attached hydrogens (tertiary/aromatic N) is 4. The molecule has 7 nitrogen and oxygen atoms in total. The molecule has 0 spiro atoms. The fourth-order valence-electron chi connectivity index (χ4n) is 2.06. The van der Waals surface area contributed by atoms with Gasteiger partial charge in [-0.05, 0) is 38.4 Å². The van der Waals surface area contributed by atoms with Gasteiger partial charge in [0.05, 0.1) is 0 Å². The van der Waals surface area contributed by atoms with Crippen LogP contribution in [-0.2, 0) is 0 Å². The van der Waals surface area contributed by atoms with E-state index in [1.54, 1.807) is 4.90 Å².